The highest BCUT2D eigenvalue weighted by molar-refractivity contribution is 6.09. The van der Waals surface area contributed by atoms with Crippen LogP contribution in [0.4, 0.5) is 5.69 Å². The molecule has 0 saturated heterocycles. The van der Waals surface area contributed by atoms with Crippen molar-refractivity contribution in [2.24, 2.45) is 4.99 Å². The third-order valence-corrected chi connectivity index (χ3v) is 6.53. The van der Waals surface area contributed by atoms with Gasteiger partial charge in [0, 0.05) is 37.1 Å². The average molecular weight is 471 g/mol. The van der Waals surface area contributed by atoms with Crippen molar-refractivity contribution in [3.63, 3.8) is 0 Å². The van der Waals surface area contributed by atoms with Crippen molar-refractivity contribution in [2.45, 2.75) is 37.8 Å². The maximum atomic E-state index is 14.2. The highest BCUT2D eigenvalue weighted by Crippen LogP contribution is 2.50. The number of hydrogen-bond donors (Lipinski definition) is 1. The summed E-state index contributed by atoms with van der Waals surface area (Å²) >= 11 is 0. The minimum atomic E-state index is -1.07. The number of carbonyl (C=O) groups is 1. The first kappa shape index (κ1) is 23.1. The van der Waals surface area contributed by atoms with Crippen molar-refractivity contribution in [2.75, 3.05) is 24.7 Å². The normalized spacial score (nSPS) is 20.6. The second kappa shape index (κ2) is 9.92. The lowest BCUT2D eigenvalue weighted by Gasteiger charge is -2.41. The van der Waals surface area contributed by atoms with Gasteiger partial charge in [-0.1, -0.05) is 55.5 Å². The van der Waals surface area contributed by atoms with Gasteiger partial charge >= 0.3 is 0 Å². The number of rotatable bonds is 9. The van der Waals surface area contributed by atoms with Gasteiger partial charge in [0.2, 0.25) is 5.90 Å². The predicted octanol–water partition coefficient (Wildman–Crippen LogP) is 4.70. The molecule has 2 aliphatic heterocycles. The van der Waals surface area contributed by atoms with Gasteiger partial charge in [0.1, 0.15) is 5.75 Å². The van der Waals surface area contributed by atoms with Crippen molar-refractivity contribution in [3.05, 3.63) is 95.6 Å². The van der Waals surface area contributed by atoms with Crippen LogP contribution in [0, 0.1) is 0 Å². The minimum absolute atomic E-state index is 0.0224. The Kier molecular flexibility index (Phi) is 6.55. The molecule has 35 heavy (non-hydrogen) atoms. The van der Waals surface area contributed by atoms with Gasteiger partial charge in [-0.05, 0) is 42.3 Å². The number of amides is 1. The molecule has 6 heteroatoms. The Labute approximate surface area is 205 Å². The highest BCUT2D eigenvalue weighted by Gasteiger charge is 2.58. The molecule has 5 rings (SSSR count). The van der Waals surface area contributed by atoms with Gasteiger partial charge in [-0.3, -0.25) is 4.79 Å². The molecule has 3 aromatic carbocycles. The number of aliphatic hydroxyl groups excluding tert-OH is 1. The lowest BCUT2D eigenvalue weighted by molar-refractivity contribution is -0.127. The summed E-state index contributed by atoms with van der Waals surface area (Å²) in [6, 6.07) is 25.6. The van der Waals surface area contributed by atoms with Crippen LogP contribution in [0.3, 0.4) is 0 Å². The zero-order valence-corrected chi connectivity index (χ0v) is 19.9. The van der Waals surface area contributed by atoms with E-state index in [9.17, 15) is 4.79 Å². The number of aliphatic hydroxyl groups is 1. The fraction of sp³-hybridized carbons (Fsp3) is 0.310. The standard InChI is InChI=1S/C29H30N2O4/c1-2-17-31-25-12-7-6-11-24(25)26-29(28(31)33,20-21-9-4-3-5-10-21)30-27(35-26)22-13-15-23(16-14-22)34-19-8-18-32/h3-7,9-16,26,32H,2,8,17-20H2,1H3/t26-,29-/m1/s1. The summed E-state index contributed by atoms with van der Waals surface area (Å²) in [6.45, 7) is 3.26. The van der Waals surface area contributed by atoms with Gasteiger partial charge < -0.3 is 19.5 Å². The van der Waals surface area contributed by atoms with Gasteiger partial charge in [0.25, 0.3) is 5.91 Å². The number of fused-ring (bicyclic) bond motifs is 3. The predicted molar refractivity (Wildman–Crippen MR) is 136 cm³/mol. The number of hydrogen-bond acceptors (Lipinski definition) is 5. The van der Waals surface area contributed by atoms with Crippen LogP contribution in [0.25, 0.3) is 0 Å². The molecule has 0 aromatic heterocycles. The molecule has 0 spiro atoms. The van der Waals surface area contributed by atoms with Crippen LogP contribution >= 0.6 is 0 Å². The fourth-order valence-corrected chi connectivity index (χ4v) is 4.90. The summed E-state index contributed by atoms with van der Waals surface area (Å²) in [5.41, 5.74) is 2.66. The molecule has 0 radical (unpaired) electrons. The van der Waals surface area contributed by atoms with E-state index in [1.165, 1.54) is 0 Å². The number of benzene rings is 3. The fourth-order valence-electron chi connectivity index (χ4n) is 4.90. The van der Waals surface area contributed by atoms with Gasteiger partial charge in [-0.2, -0.15) is 0 Å². The molecule has 2 heterocycles. The van der Waals surface area contributed by atoms with Crippen molar-refractivity contribution >= 4 is 17.5 Å². The smallest absolute Gasteiger partial charge is 0.259 e. The molecule has 1 amide bonds. The van der Waals surface area contributed by atoms with Crippen LogP contribution in [-0.4, -0.2) is 42.2 Å². The first-order chi connectivity index (χ1) is 17.2. The van der Waals surface area contributed by atoms with E-state index in [4.69, 9.17) is 19.6 Å². The third kappa shape index (κ3) is 4.30. The number of para-hydroxylation sites is 1. The quantitative estimate of drug-likeness (QED) is 0.460. The van der Waals surface area contributed by atoms with E-state index in [0.29, 0.717) is 37.6 Å². The van der Waals surface area contributed by atoms with E-state index in [1.54, 1.807) is 0 Å². The molecule has 2 aliphatic rings. The summed E-state index contributed by atoms with van der Waals surface area (Å²) in [5.74, 6) is 1.16. The Morgan fingerprint density at radius 2 is 1.77 bits per heavy atom. The first-order valence-corrected chi connectivity index (χ1v) is 12.2. The Morgan fingerprint density at radius 3 is 2.51 bits per heavy atom. The molecule has 0 aliphatic carbocycles. The van der Waals surface area contributed by atoms with Crippen molar-refractivity contribution in [1.29, 1.82) is 0 Å². The molecule has 0 saturated carbocycles. The largest absolute Gasteiger partial charge is 0.494 e. The zero-order valence-electron chi connectivity index (χ0n) is 19.9. The summed E-state index contributed by atoms with van der Waals surface area (Å²) < 4.78 is 12.2. The Morgan fingerprint density at radius 1 is 1.03 bits per heavy atom. The Hall–Kier alpha value is -3.64. The molecule has 6 nitrogen and oxygen atoms in total. The van der Waals surface area contributed by atoms with Gasteiger partial charge in [-0.25, -0.2) is 4.99 Å². The summed E-state index contributed by atoms with van der Waals surface area (Å²) in [5, 5.41) is 8.96. The SMILES string of the molecule is CCCN1C(=O)[C@]2(Cc3ccccc3)N=C(c3ccc(OCCCO)cc3)O[C@@H]2c2ccccc21. The number of nitrogens with zero attached hydrogens (tertiary/aromatic N) is 2. The van der Waals surface area contributed by atoms with Crippen LogP contribution in [0.1, 0.15) is 42.6 Å². The van der Waals surface area contributed by atoms with Gasteiger partial charge in [-0.15, -0.1) is 0 Å². The molecule has 2 atom stereocenters. The monoisotopic (exact) mass is 470 g/mol. The van der Waals surface area contributed by atoms with Crippen molar-refractivity contribution < 1.29 is 19.4 Å². The molecule has 3 aromatic rings. The van der Waals surface area contributed by atoms with Crippen LogP contribution in [0.2, 0.25) is 0 Å². The molecular weight excluding hydrogens is 440 g/mol. The van der Waals surface area contributed by atoms with Gasteiger partial charge in [0.05, 0.1) is 12.3 Å². The molecular formula is C29H30N2O4. The lowest BCUT2D eigenvalue weighted by Crippen LogP contribution is -2.55. The molecule has 1 N–H and O–H groups in total. The molecule has 180 valence electrons. The molecule has 0 fully saturated rings. The van der Waals surface area contributed by atoms with Crippen LogP contribution in [-0.2, 0) is 16.0 Å². The molecule has 0 bridgehead atoms. The highest BCUT2D eigenvalue weighted by atomic mass is 16.5. The summed E-state index contributed by atoms with van der Waals surface area (Å²) in [4.78, 5) is 21.1. The van der Waals surface area contributed by atoms with Gasteiger partial charge in [0.15, 0.2) is 11.6 Å². The topological polar surface area (TPSA) is 71.4 Å². The second-order valence-electron chi connectivity index (χ2n) is 8.97. The van der Waals surface area contributed by atoms with Crippen LogP contribution < -0.4 is 9.64 Å². The molecule has 0 unspecified atom stereocenters. The first-order valence-electron chi connectivity index (χ1n) is 12.2. The summed E-state index contributed by atoms with van der Waals surface area (Å²) in [7, 11) is 0. The average Bonchev–Trinajstić information content (AvgIpc) is 3.28. The Bertz CT molecular complexity index is 1210. The Balaban J connectivity index is 1.56. The second-order valence-corrected chi connectivity index (χ2v) is 8.97. The van der Waals surface area contributed by atoms with E-state index in [-0.39, 0.29) is 12.5 Å². The third-order valence-electron chi connectivity index (χ3n) is 6.53. The number of aliphatic imine (C=N–C) groups is 1. The maximum Gasteiger partial charge on any atom is 0.259 e. The van der Waals surface area contributed by atoms with E-state index in [0.717, 1.165) is 28.8 Å². The van der Waals surface area contributed by atoms with E-state index in [2.05, 4.69) is 6.92 Å². The van der Waals surface area contributed by atoms with E-state index < -0.39 is 11.6 Å². The minimum Gasteiger partial charge on any atom is -0.494 e. The number of anilines is 1. The van der Waals surface area contributed by atoms with Crippen LogP contribution in [0.5, 0.6) is 5.75 Å². The maximum absolute atomic E-state index is 14.2. The van der Waals surface area contributed by atoms with E-state index >= 15 is 0 Å². The zero-order chi connectivity index (χ0) is 24.3. The summed E-state index contributed by atoms with van der Waals surface area (Å²) in [6.07, 6.45) is 1.38. The van der Waals surface area contributed by atoms with Crippen molar-refractivity contribution in [1.82, 2.24) is 0 Å². The number of carbonyl (C=O) groups excluding carboxylic acids is 1. The number of ether oxygens (including phenoxy) is 2. The lowest BCUT2D eigenvalue weighted by atomic mass is 9.78. The van der Waals surface area contributed by atoms with Crippen molar-refractivity contribution in [3.8, 4) is 5.75 Å². The van der Waals surface area contributed by atoms with Crippen LogP contribution in [0.15, 0.2) is 83.9 Å². The van der Waals surface area contributed by atoms with E-state index in [1.807, 2.05) is 83.8 Å².